The van der Waals surface area contributed by atoms with Gasteiger partial charge in [-0.15, -0.1) is 0 Å². The molecule has 1 N–H and O–H groups in total. The Bertz CT molecular complexity index is 1710. The van der Waals surface area contributed by atoms with Gasteiger partial charge in [0.15, 0.2) is 0 Å². The maximum absolute atomic E-state index is 14.5. The lowest BCUT2D eigenvalue weighted by Crippen LogP contribution is -2.48. The van der Waals surface area contributed by atoms with Gasteiger partial charge in [-0.3, -0.25) is 4.79 Å². The highest BCUT2D eigenvalue weighted by Crippen LogP contribution is 2.38. The van der Waals surface area contributed by atoms with Crippen LogP contribution in [0.25, 0.3) is 22.0 Å². The molecule has 1 aliphatic heterocycles. The third-order valence-corrected chi connectivity index (χ3v) is 10.4. The molecular formula is C33H39N3O5S. The molecular weight excluding hydrogens is 550 g/mol. The van der Waals surface area contributed by atoms with Crippen molar-refractivity contribution in [2.24, 2.45) is 13.0 Å². The maximum atomic E-state index is 14.5. The fourth-order valence-corrected chi connectivity index (χ4v) is 7.30. The quantitative estimate of drug-likeness (QED) is 0.348. The second-order valence-corrected chi connectivity index (χ2v) is 13.3. The number of ether oxygens (including phenoxy) is 1. The number of aromatic nitrogens is 1. The van der Waals surface area contributed by atoms with Gasteiger partial charge < -0.3 is 19.3 Å². The van der Waals surface area contributed by atoms with E-state index in [1.165, 1.54) is 4.31 Å². The van der Waals surface area contributed by atoms with Crippen molar-refractivity contribution in [1.29, 1.82) is 0 Å². The molecule has 0 unspecified atom stereocenters. The number of benzene rings is 3. The van der Waals surface area contributed by atoms with Gasteiger partial charge in [-0.25, -0.2) is 8.42 Å². The lowest BCUT2D eigenvalue weighted by atomic mass is 9.96. The number of aliphatic hydroxyl groups excluding tert-OH is 1. The van der Waals surface area contributed by atoms with Crippen LogP contribution in [0.4, 0.5) is 0 Å². The minimum atomic E-state index is -3.78. The molecule has 222 valence electrons. The zero-order chi connectivity index (χ0) is 30.2. The third-order valence-electron chi connectivity index (χ3n) is 8.44. The van der Waals surface area contributed by atoms with Gasteiger partial charge >= 0.3 is 0 Å². The van der Waals surface area contributed by atoms with Crippen molar-refractivity contribution in [1.82, 2.24) is 13.8 Å². The number of amides is 1. The first-order chi connectivity index (χ1) is 20.1. The number of aryl methyl sites for hydroxylation is 2. The number of para-hydroxylation sites is 1. The Labute approximate surface area is 248 Å². The van der Waals surface area contributed by atoms with Crippen LogP contribution in [0.3, 0.4) is 0 Å². The number of carbonyl (C=O) groups excluding carboxylic acids is 1. The molecule has 0 saturated carbocycles. The Morgan fingerprint density at radius 3 is 2.45 bits per heavy atom. The van der Waals surface area contributed by atoms with E-state index >= 15 is 0 Å². The molecule has 0 fully saturated rings. The summed E-state index contributed by atoms with van der Waals surface area (Å²) in [6.45, 7) is 6.00. The number of hydrogen-bond acceptors (Lipinski definition) is 5. The van der Waals surface area contributed by atoms with Crippen LogP contribution in [0.2, 0.25) is 0 Å². The van der Waals surface area contributed by atoms with Crippen molar-refractivity contribution in [2.75, 3.05) is 26.7 Å². The van der Waals surface area contributed by atoms with E-state index in [0.29, 0.717) is 11.3 Å². The van der Waals surface area contributed by atoms with Crippen molar-refractivity contribution < 1.29 is 23.1 Å². The van der Waals surface area contributed by atoms with Crippen LogP contribution in [0, 0.1) is 12.8 Å². The summed E-state index contributed by atoms with van der Waals surface area (Å²) in [6.07, 6.45) is -0.527. The van der Waals surface area contributed by atoms with E-state index in [-0.39, 0.29) is 43.0 Å². The van der Waals surface area contributed by atoms with E-state index in [2.05, 4.69) is 0 Å². The highest BCUT2D eigenvalue weighted by atomic mass is 32.2. The zero-order valence-electron chi connectivity index (χ0n) is 24.8. The normalized spacial score (nSPS) is 18.9. The minimum Gasteiger partial charge on any atom is -0.394 e. The molecule has 3 atom stereocenters. The van der Waals surface area contributed by atoms with Crippen molar-refractivity contribution in [2.45, 2.75) is 44.4 Å². The van der Waals surface area contributed by atoms with E-state index in [4.69, 9.17) is 4.74 Å². The van der Waals surface area contributed by atoms with E-state index in [1.54, 1.807) is 37.1 Å². The SMILES string of the molecule is Cc1ccccc1S(=O)(=O)N(C)C[C@H]1OCc2ccccc2-c2c(n(C)c3ccccc23)C(=O)N([C@@H](C)CO)C[C@H]1C. The summed E-state index contributed by atoms with van der Waals surface area (Å²) in [5, 5.41) is 11.2. The van der Waals surface area contributed by atoms with Crippen molar-refractivity contribution in [3.8, 4) is 11.1 Å². The Morgan fingerprint density at radius 1 is 1.05 bits per heavy atom. The molecule has 42 heavy (non-hydrogen) atoms. The van der Waals surface area contributed by atoms with Gasteiger partial charge in [-0.2, -0.15) is 4.31 Å². The third kappa shape index (κ3) is 5.38. The molecule has 0 radical (unpaired) electrons. The van der Waals surface area contributed by atoms with Crippen molar-refractivity contribution in [3.63, 3.8) is 0 Å². The second kappa shape index (κ2) is 12.0. The highest BCUT2D eigenvalue weighted by Gasteiger charge is 2.35. The monoisotopic (exact) mass is 589 g/mol. The number of fused-ring (bicyclic) bond motifs is 5. The van der Waals surface area contributed by atoms with Crippen molar-refractivity contribution in [3.05, 3.63) is 89.6 Å². The van der Waals surface area contributed by atoms with Crippen molar-refractivity contribution >= 4 is 26.8 Å². The summed E-state index contributed by atoms with van der Waals surface area (Å²) in [5.74, 6) is -0.436. The van der Waals surface area contributed by atoms with Crippen LogP contribution in [-0.4, -0.2) is 72.1 Å². The molecule has 2 heterocycles. The number of carbonyl (C=O) groups is 1. The summed E-state index contributed by atoms with van der Waals surface area (Å²) >= 11 is 0. The first kappa shape index (κ1) is 30.0. The van der Waals surface area contributed by atoms with E-state index < -0.39 is 22.2 Å². The van der Waals surface area contributed by atoms with Gasteiger partial charge in [0.05, 0.1) is 30.3 Å². The average Bonchev–Trinajstić information content (AvgIpc) is 3.28. The Hall–Kier alpha value is -3.50. The predicted octanol–water partition coefficient (Wildman–Crippen LogP) is 4.83. The van der Waals surface area contributed by atoms with E-state index in [1.807, 2.05) is 80.1 Å². The number of sulfonamides is 1. The number of likely N-dealkylation sites (N-methyl/N-ethyl adjacent to an activating group) is 1. The van der Waals surface area contributed by atoms with Crippen LogP contribution in [-0.2, 0) is 28.4 Å². The van der Waals surface area contributed by atoms with Gasteiger partial charge in [0.25, 0.3) is 5.91 Å². The highest BCUT2D eigenvalue weighted by molar-refractivity contribution is 7.89. The molecule has 4 aromatic rings. The van der Waals surface area contributed by atoms with Crippen LogP contribution >= 0.6 is 0 Å². The summed E-state index contributed by atoms with van der Waals surface area (Å²) in [6, 6.07) is 22.3. The molecule has 9 heteroatoms. The smallest absolute Gasteiger partial charge is 0.271 e. The standard InChI is InChI=1S/C33H39N3O5S/c1-22-12-6-11-17-30(22)42(39,40)34(4)19-29-23(2)18-36(24(3)20-37)33(38)32-31(26-14-8-7-13-25(26)21-41-29)27-15-9-10-16-28(27)35(32)5/h6-17,23-24,29,37H,18-21H2,1-5H3/t23-,24+,29-/m1/s1. The molecule has 0 saturated heterocycles. The summed E-state index contributed by atoms with van der Waals surface area (Å²) in [4.78, 5) is 16.4. The Morgan fingerprint density at radius 2 is 1.71 bits per heavy atom. The van der Waals surface area contributed by atoms with Crippen LogP contribution < -0.4 is 0 Å². The number of aliphatic hydroxyl groups is 1. The molecule has 1 amide bonds. The Kier molecular flexibility index (Phi) is 8.57. The maximum Gasteiger partial charge on any atom is 0.271 e. The van der Waals surface area contributed by atoms with Gasteiger partial charge in [0, 0.05) is 49.6 Å². The summed E-state index contributed by atoms with van der Waals surface area (Å²) in [7, 11) is -0.310. The lowest BCUT2D eigenvalue weighted by Gasteiger charge is -2.35. The first-order valence-corrected chi connectivity index (χ1v) is 15.7. The fraction of sp³-hybridized carbons (Fsp3) is 0.364. The molecule has 0 spiro atoms. The lowest BCUT2D eigenvalue weighted by molar-refractivity contribution is -0.0147. The molecule has 8 nitrogen and oxygen atoms in total. The van der Waals surface area contributed by atoms with Gasteiger partial charge in [-0.1, -0.05) is 67.6 Å². The molecule has 3 aromatic carbocycles. The summed E-state index contributed by atoms with van der Waals surface area (Å²) < 4.78 is 37.0. The molecule has 1 aliphatic rings. The van der Waals surface area contributed by atoms with Gasteiger partial charge in [-0.05, 0) is 42.7 Å². The predicted molar refractivity (Wildman–Crippen MR) is 165 cm³/mol. The second-order valence-electron chi connectivity index (χ2n) is 11.3. The minimum absolute atomic E-state index is 0.103. The molecule has 0 bridgehead atoms. The molecule has 1 aromatic heterocycles. The number of nitrogens with zero attached hydrogens (tertiary/aromatic N) is 3. The first-order valence-electron chi connectivity index (χ1n) is 14.3. The number of rotatable bonds is 6. The fourth-order valence-electron chi connectivity index (χ4n) is 5.89. The molecule has 0 aliphatic carbocycles. The summed E-state index contributed by atoms with van der Waals surface area (Å²) in [5.41, 5.74) is 4.80. The van der Waals surface area contributed by atoms with Gasteiger partial charge in [0.2, 0.25) is 10.0 Å². The number of hydrogen-bond donors (Lipinski definition) is 1. The van der Waals surface area contributed by atoms with Gasteiger partial charge in [0.1, 0.15) is 5.69 Å². The largest absolute Gasteiger partial charge is 0.394 e. The zero-order valence-corrected chi connectivity index (χ0v) is 25.6. The van der Waals surface area contributed by atoms with Crippen LogP contribution in [0.1, 0.15) is 35.5 Å². The topological polar surface area (TPSA) is 92.1 Å². The van der Waals surface area contributed by atoms with Crippen LogP contribution in [0.15, 0.2) is 77.7 Å². The Balaban J connectivity index is 1.61. The van der Waals surface area contributed by atoms with E-state index in [0.717, 1.165) is 27.6 Å². The van der Waals surface area contributed by atoms with Crippen LogP contribution in [0.5, 0.6) is 0 Å². The van der Waals surface area contributed by atoms with E-state index in [9.17, 15) is 18.3 Å². The molecule has 5 rings (SSSR count). The average molecular weight is 590 g/mol.